The van der Waals surface area contributed by atoms with Crippen LogP contribution in [0.25, 0.3) is 0 Å². The van der Waals surface area contributed by atoms with E-state index in [1.165, 1.54) is 4.90 Å². The van der Waals surface area contributed by atoms with Gasteiger partial charge in [-0.1, -0.05) is 121 Å². The van der Waals surface area contributed by atoms with Gasteiger partial charge in [-0.2, -0.15) is 0 Å². The second-order valence-electron chi connectivity index (χ2n) is 14.0. The van der Waals surface area contributed by atoms with E-state index >= 15 is 0 Å². The number of carbonyl (C=O) groups is 3. The van der Waals surface area contributed by atoms with Crippen molar-refractivity contribution in [3.05, 3.63) is 203 Å². The number of nitrogens with one attached hydrogen (secondary N) is 1. The van der Waals surface area contributed by atoms with Gasteiger partial charge in [-0.25, -0.2) is 9.59 Å². The number of ether oxygens (including phenoxy) is 5. The van der Waals surface area contributed by atoms with Crippen molar-refractivity contribution in [2.45, 2.75) is 58.1 Å². The molecule has 1 unspecified atom stereocenters. The Kier molecular flexibility index (Phi) is 15.0. The van der Waals surface area contributed by atoms with Gasteiger partial charge in [-0.05, 0) is 84.6 Å². The average molecular weight is 809 g/mol. The van der Waals surface area contributed by atoms with Crippen molar-refractivity contribution in [3.63, 3.8) is 0 Å². The molecule has 0 bridgehead atoms. The fraction of sp³-hybridized carbons (Fsp3) is 0.204. The summed E-state index contributed by atoms with van der Waals surface area (Å²) in [7, 11) is 0. The summed E-state index contributed by atoms with van der Waals surface area (Å²) in [6.45, 7) is 4.54. The number of carbonyl (C=O) groups excluding carboxylic acids is 3. The highest BCUT2D eigenvalue weighted by Crippen LogP contribution is 2.36. The number of amides is 2. The molecule has 0 radical (unpaired) electrons. The molecule has 1 saturated heterocycles. The summed E-state index contributed by atoms with van der Waals surface area (Å²) in [5.74, 6) is -0.463. The molecule has 1 aliphatic rings. The normalized spacial score (nSPS) is 16.1. The first-order chi connectivity index (χ1) is 29.2. The minimum Gasteiger partial charge on any atom is -0.489 e. The Hall–Kier alpha value is -6.95. The lowest BCUT2D eigenvalue weighted by Gasteiger charge is -2.28. The highest BCUT2D eigenvalue weighted by molar-refractivity contribution is 6.01. The maximum atomic E-state index is 12.5. The van der Waals surface area contributed by atoms with E-state index in [0.29, 0.717) is 35.8 Å². The van der Waals surface area contributed by atoms with Crippen molar-refractivity contribution in [3.8, 4) is 11.5 Å². The van der Waals surface area contributed by atoms with Gasteiger partial charge in [0.1, 0.15) is 44.7 Å². The molecule has 1 aliphatic heterocycles. The summed E-state index contributed by atoms with van der Waals surface area (Å²) in [5, 5.41) is 13.7. The lowest BCUT2D eigenvalue weighted by Crippen LogP contribution is -2.43. The average Bonchev–Trinajstić information content (AvgIpc) is 3.61. The molecule has 60 heavy (non-hydrogen) atoms. The number of aliphatic hydroxyl groups is 1. The van der Waals surface area contributed by atoms with E-state index in [0.717, 1.165) is 22.3 Å². The van der Waals surface area contributed by atoms with Crippen LogP contribution in [0.5, 0.6) is 11.5 Å². The van der Waals surface area contributed by atoms with Crippen LogP contribution in [0.2, 0.25) is 0 Å². The molecule has 0 aromatic heterocycles. The topological polar surface area (TPSA) is 133 Å². The van der Waals surface area contributed by atoms with Gasteiger partial charge in [0, 0.05) is 11.1 Å². The number of ketones is 1. The van der Waals surface area contributed by atoms with Gasteiger partial charge >= 0.3 is 12.2 Å². The lowest BCUT2D eigenvalue weighted by molar-refractivity contribution is -0.185. The third-order valence-corrected chi connectivity index (χ3v) is 9.74. The summed E-state index contributed by atoms with van der Waals surface area (Å²) in [6.07, 6.45) is -1.16. The van der Waals surface area contributed by atoms with E-state index in [1.807, 2.05) is 121 Å². The van der Waals surface area contributed by atoms with Crippen LogP contribution < -0.4 is 14.8 Å². The maximum absolute atomic E-state index is 12.5. The Morgan fingerprint density at radius 2 is 1.05 bits per heavy atom. The first-order valence-corrected chi connectivity index (χ1v) is 19.6. The highest BCUT2D eigenvalue weighted by Gasteiger charge is 2.49. The predicted octanol–water partition coefficient (Wildman–Crippen LogP) is 9.19. The minimum atomic E-state index is -1.62. The smallest absolute Gasteiger partial charge is 0.412 e. The van der Waals surface area contributed by atoms with E-state index in [2.05, 4.69) is 5.32 Å². The number of Topliss-reactive ketones (excluding diaryl/α,β-unsaturated/α-hetero) is 1. The SMILES string of the molecule is C[C@@H](NC(=O)OCc1ccccc1)C(=O)c1ccc(OCc2ccccc2)cc1.C[C@H]1N(C(=O)OCc2ccccc2)COC1(O)c1ccc(OCc2ccccc2)cc1. The third kappa shape index (κ3) is 12.0. The number of hydrogen-bond acceptors (Lipinski definition) is 9. The summed E-state index contributed by atoms with van der Waals surface area (Å²) >= 11 is 0. The van der Waals surface area contributed by atoms with Crippen LogP contribution in [-0.2, 0) is 46.4 Å². The molecule has 2 amide bonds. The van der Waals surface area contributed by atoms with Crippen LogP contribution in [0.4, 0.5) is 9.59 Å². The Labute approximate surface area is 350 Å². The molecule has 6 aromatic carbocycles. The summed E-state index contributed by atoms with van der Waals surface area (Å²) in [6, 6.07) is 51.1. The molecule has 11 nitrogen and oxygen atoms in total. The van der Waals surface area contributed by atoms with Crippen molar-refractivity contribution in [1.82, 2.24) is 10.2 Å². The van der Waals surface area contributed by atoms with Gasteiger partial charge in [0.2, 0.25) is 5.79 Å². The van der Waals surface area contributed by atoms with Crippen LogP contribution in [0.15, 0.2) is 170 Å². The number of rotatable bonds is 14. The van der Waals surface area contributed by atoms with Crippen LogP contribution >= 0.6 is 0 Å². The molecule has 0 spiro atoms. The molecular formula is C49H48N2O9. The standard InChI is InChI=1S/C25H25NO5.C24H23NO4/c1-19-25(28,31-18-26(19)24(27)30-17-21-10-6-3-7-11-21)22-12-14-23(15-13-22)29-16-20-8-4-2-5-9-20;1-18(25-24(27)29-17-20-10-6-3-7-11-20)23(26)21-12-14-22(15-13-21)28-16-19-8-4-2-5-9-19/h2-15,19,28H,16-18H2,1H3;2-15,18H,16-17H2,1H3,(H,25,27)/t19-,25?;18-/m11/s1. The Bertz CT molecular complexity index is 2240. The zero-order valence-corrected chi connectivity index (χ0v) is 33.5. The summed E-state index contributed by atoms with van der Waals surface area (Å²) in [5.41, 5.74) is 4.96. The van der Waals surface area contributed by atoms with Crippen LogP contribution in [0.1, 0.15) is 52.0 Å². The van der Waals surface area contributed by atoms with E-state index in [-0.39, 0.29) is 25.7 Å². The monoisotopic (exact) mass is 808 g/mol. The number of hydrogen-bond donors (Lipinski definition) is 2. The summed E-state index contributed by atoms with van der Waals surface area (Å²) in [4.78, 5) is 38.4. The molecule has 6 aromatic rings. The second kappa shape index (κ2) is 21.2. The molecular weight excluding hydrogens is 761 g/mol. The number of benzene rings is 6. The largest absolute Gasteiger partial charge is 0.489 e. The van der Waals surface area contributed by atoms with Gasteiger partial charge < -0.3 is 34.1 Å². The maximum Gasteiger partial charge on any atom is 0.412 e. The molecule has 1 heterocycles. The van der Waals surface area contributed by atoms with Crippen molar-refractivity contribution < 1.29 is 43.2 Å². The molecule has 2 N–H and O–H groups in total. The number of nitrogens with zero attached hydrogens (tertiary/aromatic N) is 1. The van der Waals surface area contributed by atoms with Gasteiger partial charge in [0.05, 0.1) is 12.1 Å². The van der Waals surface area contributed by atoms with E-state index < -0.39 is 30.1 Å². The Balaban J connectivity index is 0.000000202. The number of alkyl carbamates (subject to hydrolysis) is 1. The van der Waals surface area contributed by atoms with Gasteiger partial charge in [-0.3, -0.25) is 9.69 Å². The Morgan fingerprint density at radius 3 is 1.52 bits per heavy atom. The predicted molar refractivity (Wildman–Crippen MR) is 226 cm³/mol. The quantitative estimate of drug-likeness (QED) is 0.103. The zero-order valence-electron chi connectivity index (χ0n) is 33.5. The van der Waals surface area contributed by atoms with Crippen molar-refractivity contribution in [1.29, 1.82) is 0 Å². The van der Waals surface area contributed by atoms with Crippen molar-refractivity contribution in [2.24, 2.45) is 0 Å². The van der Waals surface area contributed by atoms with E-state index in [1.54, 1.807) is 62.4 Å². The van der Waals surface area contributed by atoms with Crippen molar-refractivity contribution >= 4 is 18.0 Å². The molecule has 7 rings (SSSR count). The van der Waals surface area contributed by atoms with Crippen molar-refractivity contribution in [2.75, 3.05) is 6.73 Å². The fourth-order valence-electron chi connectivity index (χ4n) is 6.19. The third-order valence-electron chi connectivity index (χ3n) is 9.74. The van der Waals surface area contributed by atoms with Gasteiger partial charge in [-0.15, -0.1) is 0 Å². The second-order valence-corrected chi connectivity index (χ2v) is 14.0. The molecule has 0 aliphatic carbocycles. The zero-order chi connectivity index (χ0) is 42.2. The Morgan fingerprint density at radius 1 is 0.633 bits per heavy atom. The van der Waals surface area contributed by atoms with E-state index in [9.17, 15) is 19.5 Å². The first-order valence-electron chi connectivity index (χ1n) is 19.6. The van der Waals surface area contributed by atoms with Crippen LogP contribution in [0, 0.1) is 0 Å². The highest BCUT2D eigenvalue weighted by atomic mass is 16.7. The first kappa shape index (κ1) is 42.7. The fourth-order valence-corrected chi connectivity index (χ4v) is 6.19. The van der Waals surface area contributed by atoms with Gasteiger partial charge in [0.25, 0.3) is 0 Å². The molecule has 1 fully saturated rings. The minimum absolute atomic E-state index is 0.0580. The van der Waals surface area contributed by atoms with Gasteiger partial charge in [0.15, 0.2) is 5.78 Å². The van der Waals surface area contributed by atoms with Crippen LogP contribution in [-0.4, -0.2) is 46.8 Å². The molecule has 0 saturated carbocycles. The lowest BCUT2D eigenvalue weighted by atomic mass is 9.99. The molecule has 308 valence electrons. The van der Waals surface area contributed by atoms with E-state index in [4.69, 9.17) is 23.7 Å². The molecule has 3 atom stereocenters. The van der Waals surface area contributed by atoms with Crippen LogP contribution in [0.3, 0.4) is 0 Å². The summed E-state index contributed by atoms with van der Waals surface area (Å²) < 4.78 is 27.7. The molecule has 11 heteroatoms.